The van der Waals surface area contributed by atoms with Crippen LogP contribution in [-0.2, 0) is 15.0 Å². The van der Waals surface area contributed by atoms with Gasteiger partial charge in [0.1, 0.15) is 12.4 Å². The first-order valence-corrected chi connectivity index (χ1v) is 5.63. The molecule has 0 atom stereocenters. The first kappa shape index (κ1) is 13.6. The van der Waals surface area contributed by atoms with E-state index < -0.39 is 28.0 Å². The topological polar surface area (TPSA) is 113 Å². The molecule has 0 saturated carbocycles. The minimum atomic E-state index is -2.42. The molecule has 18 heavy (non-hydrogen) atoms. The highest BCUT2D eigenvalue weighted by atomic mass is 32.2. The number of non-ortho nitro benzene ring substituents is 1. The molecular formula is C9H7NO7S. The Balaban J connectivity index is 2.54. The highest BCUT2D eigenvalue weighted by Crippen LogP contribution is 2.17. The highest BCUT2D eigenvalue weighted by molar-refractivity contribution is 7.71. The minimum Gasteiger partial charge on any atom is -0.429 e. The van der Waals surface area contributed by atoms with E-state index in [2.05, 4.69) is 9.47 Å². The van der Waals surface area contributed by atoms with E-state index in [-0.39, 0.29) is 11.4 Å². The quantitative estimate of drug-likeness (QED) is 0.262. The number of nitro groups is 1. The third kappa shape index (κ3) is 4.61. The van der Waals surface area contributed by atoms with Gasteiger partial charge in [0.15, 0.2) is 0 Å². The van der Waals surface area contributed by atoms with Crippen molar-refractivity contribution in [1.29, 1.82) is 0 Å². The third-order valence-corrected chi connectivity index (χ3v) is 2.06. The number of benzene rings is 1. The number of carbonyl (C=O) groups excluding carboxylic acids is 1. The summed E-state index contributed by atoms with van der Waals surface area (Å²) in [6, 6.07) is 4.74. The van der Waals surface area contributed by atoms with Crippen LogP contribution in [0.1, 0.15) is 0 Å². The van der Waals surface area contributed by atoms with Crippen molar-refractivity contribution in [3.8, 4) is 5.75 Å². The van der Waals surface area contributed by atoms with Gasteiger partial charge in [0.25, 0.3) is 5.69 Å². The van der Waals surface area contributed by atoms with Crippen molar-refractivity contribution in [3.63, 3.8) is 0 Å². The molecule has 1 rings (SSSR count). The second-order valence-electron chi connectivity index (χ2n) is 2.84. The second-order valence-corrected chi connectivity index (χ2v) is 3.70. The fraction of sp³-hybridized carbons (Fsp3) is 0.111. The van der Waals surface area contributed by atoms with Crippen LogP contribution in [0.25, 0.3) is 0 Å². The van der Waals surface area contributed by atoms with Crippen molar-refractivity contribution in [3.05, 3.63) is 34.4 Å². The molecule has 0 aromatic heterocycles. The average Bonchev–Trinajstić information content (AvgIpc) is 2.29. The molecular weight excluding hydrogens is 266 g/mol. The maximum atomic E-state index is 11.0. The molecule has 0 radical (unpaired) electrons. The van der Waals surface area contributed by atoms with Gasteiger partial charge in [-0.3, -0.25) is 10.1 Å². The van der Waals surface area contributed by atoms with Gasteiger partial charge in [0, 0.05) is 12.1 Å². The van der Waals surface area contributed by atoms with Crippen molar-refractivity contribution in [2.75, 3.05) is 6.61 Å². The van der Waals surface area contributed by atoms with Gasteiger partial charge < -0.3 is 9.47 Å². The molecule has 0 amide bonds. The van der Waals surface area contributed by atoms with Crippen LogP contribution in [0.15, 0.2) is 24.3 Å². The van der Waals surface area contributed by atoms with Crippen molar-refractivity contribution >= 4 is 27.5 Å². The fourth-order valence-electron chi connectivity index (χ4n) is 0.919. The summed E-state index contributed by atoms with van der Waals surface area (Å²) < 4.78 is 29.2. The number of hydrogen-bond acceptors (Lipinski definition) is 7. The van der Waals surface area contributed by atoms with Crippen LogP contribution in [0.2, 0.25) is 0 Å². The molecule has 0 spiro atoms. The molecule has 0 N–H and O–H groups in total. The Bertz CT molecular complexity index is 567. The summed E-state index contributed by atoms with van der Waals surface area (Å²) in [5.74, 6) is 0.0499. The molecule has 1 aromatic rings. The normalized spacial score (nSPS) is 9.33. The van der Waals surface area contributed by atoms with E-state index in [0.717, 1.165) is 17.5 Å². The summed E-state index contributed by atoms with van der Waals surface area (Å²) in [5, 5.41) is 11.1. The zero-order valence-electron chi connectivity index (χ0n) is 8.81. The Hall–Kier alpha value is -2.42. The Kier molecular flexibility index (Phi) is 4.81. The third-order valence-electron chi connectivity index (χ3n) is 1.65. The van der Waals surface area contributed by atoms with Crippen LogP contribution in [0.4, 0.5) is 10.5 Å². The number of rotatable bonds is 4. The van der Waals surface area contributed by atoms with E-state index in [1.54, 1.807) is 0 Å². The monoisotopic (exact) mass is 273 g/mol. The van der Waals surface area contributed by atoms with Crippen LogP contribution in [-0.4, -0.2) is 31.5 Å². The molecule has 0 heterocycles. The summed E-state index contributed by atoms with van der Waals surface area (Å²) in [7, 11) is -2.42. The maximum absolute atomic E-state index is 11.0. The summed E-state index contributed by atoms with van der Waals surface area (Å²) in [6.45, 7) is -0.443. The molecule has 0 aliphatic carbocycles. The Labute approximate surface area is 102 Å². The lowest BCUT2D eigenvalue weighted by Crippen LogP contribution is -2.12. The summed E-state index contributed by atoms with van der Waals surface area (Å²) in [5.41, 5.74) is -0.147. The van der Waals surface area contributed by atoms with Gasteiger partial charge in [-0.15, -0.1) is 0 Å². The highest BCUT2D eigenvalue weighted by Gasteiger charge is 2.08. The lowest BCUT2D eigenvalue weighted by molar-refractivity contribution is -0.384. The molecule has 0 fully saturated rings. The number of hydrogen-bond donors (Lipinski definition) is 0. The van der Waals surface area contributed by atoms with Gasteiger partial charge in [-0.1, -0.05) is 0 Å². The van der Waals surface area contributed by atoms with Crippen molar-refractivity contribution in [2.24, 2.45) is 0 Å². The first-order valence-electron chi connectivity index (χ1n) is 4.49. The number of nitrogens with zero attached hydrogens (tertiary/aromatic N) is 1. The number of carbonyl (C=O) groups is 1. The molecule has 0 saturated heterocycles. The van der Waals surface area contributed by atoms with E-state index in [9.17, 15) is 23.3 Å². The Morgan fingerprint density at radius 1 is 1.33 bits per heavy atom. The lowest BCUT2D eigenvalue weighted by Gasteiger charge is -2.02. The van der Waals surface area contributed by atoms with Crippen LogP contribution < -0.4 is 4.74 Å². The Morgan fingerprint density at radius 3 is 2.44 bits per heavy atom. The van der Waals surface area contributed by atoms with Crippen molar-refractivity contribution in [1.82, 2.24) is 0 Å². The largest absolute Gasteiger partial charge is 0.514 e. The van der Waals surface area contributed by atoms with Crippen molar-refractivity contribution < 1.29 is 27.6 Å². The van der Waals surface area contributed by atoms with Crippen LogP contribution in [0.3, 0.4) is 0 Å². The minimum absolute atomic E-state index is 0.0499. The first-order chi connectivity index (χ1) is 8.49. The number of nitro benzene ring substituents is 1. The summed E-state index contributed by atoms with van der Waals surface area (Å²) in [4.78, 5) is 20.8. The summed E-state index contributed by atoms with van der Waals surface area (Å²) >= 11 is 0. The smallest absolute Gasteiger partial charge is 0.429 e. The zero-order chi connectivity index (χ0) is 13.5. The predicted octanol–water partition coefficient (Wildman–Crippen LogP) is 0.791. The predicted molar refractivity (Wildman–Crippen MR) is 60.1 cm³/mol. The molecule has 0 aliphatic rings. The molecule has 8 nitrogen and oxygen atoms in total. The van der Waals surface area contributed by atoms with E-state index >= 15 is 0 Å². The second kappa shape index (κ2) is 6.35. The van der Waals surface area contributed by atoms with E-state index in [1.807, 2.05) is 0 Å². The molecule has 9 heteroatoms. The zero-order valence-corrected chi connectivity index (χ0v) is 9.62. The van der Waals surface area contributed by atoms with Gasteiger partial charge in [0.2, 0.25) is 10.3 Å². The SMILES string of the molecule is O=C(OCC=S(=O)=O)Oc1ccc([N+](=O)[O-])cc1. The molecule has 0 unspecified atom stereocenters. The lowest BCUT2D eigenvalue weighted by atomic mass is 10.3. The van der Waals surface area contributed by atoms with Crippen LogP contribution >= 0.6 is 0 Å². The Morgan fingerprint density at radius 2 is 1.94 bits per heavy atom. The fourth-order valence-corrected chi connectivity index (χ4v) is 1.10. The average molecular weight is 273 g/mol. The van der Waals surface area contributed by atoms with Gasteiger partial charge >= 0.3 is 6.16 Å². The van der Waals surface area contributed by atoms with Gasteiger partial charge in [0.05, 0.1) is 10.3 Å². The van der Waals surface area contributed by atoms with Gasteiger partial charge in [-0.05, 0) is 12.1 Å². The molecule has 0 bridgehead atoms. The van der Waals surface area contributed by atoms with Crippen LogP contribution in [0, 0.1) is 10.1 Å². The maximum Gasteiger partial charge on any atom is 0.514 e. The molecule has 96 valence electrons. The van der Waals surface area contributed by atoms with Crippen LogP contribution in [0.5, 0.6) is 5.75 Å². The van der Waals surface area contributed by atoms with E-state index in [4.69, 9.17) is 0 Å². The molecule has 0 aliphatic heterocycles. The molecule has 1 aromatic carbocycles. The summed E-state index contributed by atoms with van der Waals surface area (Å²) in [6.07, 6.45) is -1.11. The van der Waals surface area contributed by atoms with E-state index in [0.29, 0.717) is 0 Å². The number of ether oxygens (including phenoxy) is 2. The van der Waals surface area contributed by atoms with Gasteiger partial charge in [-0.2, -0.15) is 8.42 Å². The van der Waals surface area contributed by atoms with E-state index in [1.165, 1.54) is 12.1 Å². The standard InChI is InChI=1S/C9H7NO7S/c11-9(16-5-6-18(14)15)17-8-3-1-7(2-4-8)10(12)13/h1-4,6H,5H2. The van der Waals surface area contributed by atoms with Crippen molar-refractivity contribution in [2.45, 2.75) is 0 Å². The van der Waals surface area contributed by atoms with Gasteiger partial charge in [-0.25, -0.2) is 4.79 Å².